The molecule has 2 aromatic heterocycles. The predicted octanol–water partition coefficient (Wildman–Crippen LogP) is 1.62. The first-order chi connectivity index (χ1) is 11.8. The fraction of sp³-hybridized carbons (Fsp3) is 0.267. The van der Waals surface area contributed by atoms with E-state index in [2.05, 4.69) is 19.9 Å². The summed E-state index contributed by atoms with van der Waals surface area (Å²) in [6.07, 6.45) is 1.38. The van der Waals surface area contributed by atoms with Crippen molar-refractivity contribution in [3.63, 3.8) is 0 Å². The Kier molecular flexibility index (Phi) is 4.29. The van der Waals surface area contributed by atoms with Gasteiger partial charge < -0.3 is 0 Å². The molecule has 0 spiro atoms. The number of halogens is 1. The second-order valence-corrected chi connectivity index (χ2v) is 7.24. The molecule has 8 nitrogen and oxygen atoms in total. The maximum Gasteiger partial charge on any atom is 0.267 e. The minimum absolute atomic E-state index is 0.0564. The van der Waals surface area contributed by atoms with Crippen molar-refractivity contribution in [2.75, 3.05) is 4.72 Å². The van der Waals surface area contributed by atoms with Gasteiger partial charge in [0.15, 0.2) is 0 Å². The van der Waals surface area contributed by atoms with Crippen molar-refractivity contribution in [3.8, 4) is 0 Å². The highest BCUT2D eigenvalue weighted by molar-refractivity contribution is 7.92. The number of aromatic nitrogens is 5. The number of benzene rings is 1. The van der Waals surface area contributed by atoms with Crippen LogP contribution in [0.1, 0.15) is 17.0 Å². The number of rotatable bonds is 5. The van der Waals surface area contributed by atoms with Gasteiger partial charge in [-0.15, -0.1) is 5.10 Å². The van der Waals surface area contributed by atoms with Crippen LogP contribution >= 0.6 is 0 Å². The van der Waals surface area contributed by atoms with Crippen molar-refractivity contribution in [1.29, 1.82) is 0 Å². The summed E-state index contributed by atoms with van der Waals surface area (Å²) in [4.78, 5) is 4.06. The maximum atomic E-state index is 13.2. The molecular formula is C15H17FN6O2S. The fourth-order valence-electron chi connectivity index (χ4n) is 2.55. The van der Waals surface area contributed by atoms with E-state index >= 15 is 0 Å². The van der Waals surface area contributed by atoms with Crippen molar-refractivity contribution in [1.82, 2.24) is 24.5 Å². The van der Waals surface area contributed by atoms with E-state index in [0.717, 1.165) is 0 Å². The first-order valence-electron chi connectivity index (χ1n) is 7.43. The van der Waals surface area contributed by atoms with Crippen LogP contribution in [0.5, 0.6) is 0 Å². The molecule has 132 valence electrons. The molecule has 0 atom stereocenters. The molecule has 0 radical (unpaired) electrons. The molecule has 1 aromatic carbocycles. The van der Waals surface area contributed by atoms with Crippen LogP contribution in [0, 0.1) is 19.7 Å². The van der Waals surface area contributed by atoms with Crippen LogP contribution in [0.25, 0.3) is 0 Å². The van der Waals surface area contributed by atoms with Gasteiger partial charge in [-0.3, -0.25) is 4.68 Å². The number of sulfonamides is 1. The van der Waals surface area contributed by atoms with Gasteiger partial charge in [0, 0.05) is 7.05 Å². The maximum absolute atomic E-state index is 13.2. The molecule has 0 aliphatic rings. The average Bonchev–Trinajstić information content (AvgIpc) is 3.03. The molecule has 0 bridgehead atoms. The van der Waals surface area contributed by atoms with Gasteiger partial charge in [-0.05, 0) is 31.5 Å². The summed E-state index contributed by atoms with van der Waals surface area (Å²) >= 11 is 0. The van der Waals surface area contributed by atoms with Crippen molar-refractivity contribution in [2.45, 2.75) is 25.3 Å². The molecule has 0 saturated heterocycles. The smallest absolute Gasteiger partial charge is 0.267 e. The SMILES string of the molecule is Cc1nn(C)c(C)c1S(=O)(=O)Nc1ncn(Cc2cccc(F)c2)n1. The molecule has 0 unspecified atom stereocenters. The second-order valence-electron chi connectivity index (χ2n) is 5.62. The van der Waals surface area contributed by atoms with E-state index in [9.17, 15) is 12.8 Å². The van der Waals surface area contributed by atoms with Gasteiger partial charge in [-0.25, -0.2) is 22.2 Å². The Morgan fingerprint density at radius 3 is 2.64 bits per heavy atom. The Balaban J connectivity index is 1.81. The van der Waals surface area contributed by atoms with Crippen molar-refractivity contribution in [3.05, 3.63) is 53.4 Å². The summed E-state index contributed by atoms with van der Waals surface area (Å²) in [5.74, 6) is -0.403. The van der Waals surface area contributed by atoms with Crippen LogP contribution in [0.15, 0.2) is 35.5 Å². The number of aryl methyl sites for hydroxylation is 2. The quantitative estimate of drug-likeness (QED) is 0.742. The van der Waals surface area contributed by atoms with Crippen molar-refractivity contribution in [2.24, 2.45) is 7.05 Å². The molecule has 0 fully saturated rings. The Morgan fingerprint density at radius 2 is 2.00 bits per heavy atom. The Morgan fingerprint density at radius 1 is 1.24 bits per heavy atom. The summed E-state index contributed by atoms with van der Waals surface area (Å²) < 4.78 is 43.6. The lowest BCUT2D eigenvalue weighted by Gasteiger charge is -2.05. The van der Waals surface area contributed by atoms with Crippen LogP contribution in [-0.4, -0.2) is 33.0 Å². The van der Waals surface area contributed by atoms with Crippen molar-refractivity contribution >= 4 is 16.0 Å². The number of nitrogens with zero attached hydrogens (tertiary/aromatic N) is 5. The number of hydrogen-bond acceptors (Lipinski definition) is 5. The molecule has 3 aromatic rings. The van der Waals surface area contributed by atoms with E-state index in [4.69, 9.17) is 0 Å². The van der Waals surface area contributed by atoms with Gasteiger partial charge in [0.25, 0.3) is 16.0 Å². The molecule has 0 aliphatic carbocycles. The van der Waals surface area contributed by atoms with Crippen LogP contribution in [0.2, 0.25) is 0 Å². The normalized spacial score (nSPS) is 11.7. The predicted molar refractivity (Wildman–Crippen MR) is 89.0 cm³/mol. The third-order valence-electron chi connectivity index (χ3n) is 3.71. The molecule has 0 aliphatic heterocycles. The second kappa shape index (κ2) is 6.28. The van der Waals surface area contributed by atoms with Crippen molar-refractivity contribution < 1.29 is 12.8 Å². The van der Waals surface area contributed by atoms with Gasteiger partial charge in [0.2, 0.25) is 0 Å². The molecular weight excluding hydrogens is 347 g/mol. The molecule has 0 amide bonds. The number of nitrogens with one attached hydrogen (secondary N) is 1. The average molecular weight is 364 g/mol. The topological polar surface area (TPSA) is 94.7 Å². The Hall–Kier alpha value is -2.75. The van der Waals surface area contributed by atoms with Crippen LogP contribution in [-0.2, 0) is 23.6 Å². The van der Waals surface area contributed by atoms with Crippen LogP contribution in [0.4, 0.5) is 10.3 Å². The highest BCUT2D eigenvalue weighted by Gasteiger charge is 2.25. The van der Waals surface area contributed by atoms with E-state index in [1.54, 1.807) is 33.0 Å². The molecule has 25 heavy (non-hydrogen) atoms. The number of anilines is 1. The summed E-state index contributed by atoms with van der Waals surface area (Å²) in [6, 6.07) is 6.08. The lowest BCUT2D eigenvalue weighted by atomic mass is 10.2. The van der Waals surface area contributed by atoms with E-state index in [-0.39, 0.29) is 23.2 Å². The van der Waals surface area contributed by atoms with E-state index in [1.807, 2.05) is 0 Å². The molecule has 1 N–H and O–H groups in total. The zero-order valence-corrected chi connectivity index (χ0v) is 14.7. The van der Waals surface area contributed by atoms with Crippen LogP contribution < -0.4 is 4.72 Å². The van der Waals surface area contributed by atoms with Gasteiger partial charge >= 0.3 is 0 Å². The molecule has 0 saturated carbocycles. The summed E-state index contributed by atoms with van der Waals surface area (Å²) in [5, 5.41) is 8.18. The number of hydrogen-bond donors (Lipinski definition) is 1. The highest BCUT2D eigenvalue weighted by Crippen LogP contribution is 2.20. The van der Waals surface area contributed by atoms with E-state index in [1.165, 1.54) is 27.8 Å². The third-order valence-corrected chi connectivity index (χ3v) is 5.29. The van der Waals surface area contributed by atoms with Crippen LogP contribution in [0.3, 0.4) is 0 Å². The third kappa shape index (κ3) is 3.53. The molecule has 2 heterocycles. The minimum Gasteiger partial charge on any atom is -0.271 e. The van der Waals surface area contributed by atoms with Gasteiger partial charge in [-0.2, -0.15) is 10.1 Å². The lowest BCUT2D eigenvalue weighted by molar-refractivity contribution is 0.599. The standard InChI is InChI=1S/C15H17FN6O2S/c1-10-14(11(2)21(3)18-10)25(23,24)20-15-17-9-22(19-15)8-12-5-4-6-13(16)7-12/h4-7,9H,8H2,1-3H3,(H,19,20). The minimum atomic E-state index is -3.85. The van der Waals surface area contributed by atoms with Gasteiger partial charge in [0.1, 0.15) is 17.0 Å². The van der Waals surface area contributed by atoms with Gasteiger partial charge in [-0.1, -0.05) is 12.1 Å². The van der Waals surface area contributed by atoms with E-state index in [0.29, 0.717) is 17.0 Å². The fourth-order valence-corrected chi connectivity index (χ4v) is 3.94. The Bertz CT molecular complexity index is 1020. The Labute approximate surface area is 144 Å². The zero-order valence-electron chi connectivity index (χ0n) is 13.9. The zero-order chi connectivity index (χ0) is 18.2. The monoisotopic (exact) mass is 364 g/mol. The van der Waals surface area contributed by atoms with E-state index < -0.39 is 10.0 Å². The first kappa shape index (κ1) is 17.1. The largest absolute Gasteiger partial charge is 0.271 e. The molecule has 10 heteroatoms. The highest BCUT2D eigenvalue weighted by atomic mass is 32.2. The lowest BCUT2D eigenvalue weighted by Crippen LogP contribution is -2.16. The summed E-state index contributed by atoms with van der Waals surface area (Å²) in [7, 11) is -2.18. The first-order valence-corrected chi connectivity index (χ1v) is 8.91. The summed E-state index contributed by atoms with van der Waals surface area (Å²) in [6.45, 7) is 3.57. The van der Waals surface area contributed by atoms with Gasteiger partial charge in [0.05, 0.1) is 17.9 Å². The summed E-state index contributed by atoms with van der Waals surface area (Å²) in [5.41, 5.74) is 1.61. The molecule has 3 rings (SSSR count).